The molecule has 0 saturated carbocycles. The average molecular weight is 468 g/mol. The van der Waals surface area contributed by atoms with E-state index in [4.69, 9.17) is 9.15 Å². The number of phenols is 1. The molecule has 30 heavy (non-hydrogen) atoms. The molecule has 2 aliphatic rings. The lowest BCUT2D eigenvalue weighted by molar-refractivity contribution is 0.101. The Balaban J connectivity index is 1.48. The van der Waals surface area contributed by atoms with Crippen molar-refractivity contribution in [3.63, 3.8) is 0 Å². The van der Waals surface area contributed by atoms with Crippen LogP contribution in [0.15, 0.2) is 51.0 Å². The van der Waals surface area contributed by atoms with E-state index in [1.807, 2.05) is 24.3 Å². The molecule has 0 spiro atoms. The first kappa shape index (κ1) is 19.4. The highest BCUT2D eigenvalue weighted by molar-refractivity contribution is 9.10. The van der Waals surface area contributed by atoms with Gasteiger partial charge in [-0.25, -0.2) is 0 Å². The molecule has 6 heteroatoms. The molecule has 1 atom stereocenters. The van der Waals surface area contributed by atoms with Gasteiger partial charge in [-0.1, -0.05) is 22.4 Å². The molecule has 0 unspecified atom stereocenters. The average Bonchev–Trinajstić information content (AvgIpc) is 3.26. The molecule has 5 nitrogen and oxygen atoms in total. The van der Waals surface area contributed by atoms with Crippen LogP contribution < -0.4 is 4.74 Å². The van der Waals surface area contributed by atoms with Gasteiger partial charge in [0.05, 0.1) is 11.1 Å². The summed E-state index contributed by atoms with van der Waals surface area (Å²) in [6, 6.07) is 11.3. The van der Waals surface area contributed by atoms with Crippen LogP contribution in [0.2, 0.25) is 0 Å². The molecular weight excluding hydrogens is 446 g/mol. The summed E-state index contributed by atoms with van der Waals surface area (Å²) in [6.45, 7) is 3.75. The van der Waals surface area contributed by atoms with Crippen molar-refractivity contribution in [2.75, 3.05) is 6.54 Å². The van der Waals surface area contributed by atoms with Crippen molar-refractivity contribution in [1.82, 2.24) is 4.90 Å². The highest BCUT2D eigenvalue weighted by atomic mass is 79.9. The van der Waals surface area contributed by atoms with Crippen molar-refractivity contribution in [2.24, 2.45) is 0 Å². The predicted octanol–water partition coefficient (Wildman–Crippen LogP) is 5.89. The van der Waals surface area contributed by atoms with E-state index >= 15 is 0 Å². The van der Waals surface area contributed by atoms with Crippen molar-refractivity contribution in [3.8, 4) is 11.5 Å². The van der Waals surface area contributed by atoms with E-state index < -0.39 is 0 Å². The second-order valence-electron chi connectivity index (χ2n) is 8.03. The van der Waals surface area contributed by atoms with Crippen molar-refractivity contribution >= 4 is 38.8 Å². The summed E-state index contributed by atoms with van der Waals surface area (Å²) in [5.41, 5.74) is 1.90. The topological polar surface area (TPSA) is 62.9 Å². The fraction of sp³-hybridized carbons (Fsp3) is 0.292. The first-order valence-electron chi connectivity index (χ1n) is 10.2. The fourth-order valence-corrected chi connectivity index (χ4v) is 4.66. The number of hydrogen-bond acceptors (Lipinski definition) is 5. The Morgan fingerprint density at radius 2 is 2.10 bits per heavy atom. The zero-order chi connectivity index (χ0) is 20.8. The molecule has 0 aliphatic carbocycles. The minimum Gasteiger partial charge on any atom is -0.507 e. The van der Waals surface area contributed by atoms with Crippen LogP contribution >= 0.6 is 15.9 Å². The van der Waals surface area contributed by atoms with Crippen LogP contribution in [-0.2, 0) is 6.54 Å². The number of benzene rings is 2. The maximum Gasteiger partial charge on any atom is 0.232 e. The van der Waals surface area contributed by atoms with E-state index in [2.05, 4.69) is 27.8 Å². The summed E-state index contributed by atoms with van der Waals surface area (Å²) in [5.74, 6) is 1.19. The molecule has 5 rings (SSSR count). The number of ether oxygens (including phenoxy) is 1. The van der Waals surface area contributed by atoms with Gasteiger partial charge in [0.2, 0.25) is 5.78 Å². The number of carbonyl (C=O) groups excluding carboxylic acids is 1. The van der Waals surface area contributed by atoms with E-state index in [1.165, 1.54) is 6.42 Å². The summed E-state index contributed by atoms with van der Waals surface area (Å²) in [5, 5.41) is 11.5. The van der Waals surface area contributed by atoms with Crippen molar-refractivity contribution in [3.05, 3.63) is 63.5 Å². The molecule has 0 bridgehead atoms. The van der Waals surface area contributed by atoms with Crippen LogP contribution in [0.1, 0.15) is 47.9 Å². The molecule has 0 radical (unpaired) electrons. The molecule has 2 aliphatic heterocycles. The largest absolute Gasteiger partial charge is 0.507 e. The Kier molecular flexibility index (Phi) is 4.91. The lowest BCUT2D eigenvalue weighted by atomic mass is 10.0. The number of halogens is 1. The Morgan fingerprint density at radius 3 is 2.93 bits per heavy atom. The maximum atomic E-state index is 13.0. The van der Waals surface area contributed by atoms with E-state index in [0.29, 0.717) is 35.2 Å². The third-order valence-electron chi connectivity index (χ3n) is 5.99. The Labute approximate surface area is 183 Å². The molecule has 3 aromatic rings. The highest BCUT2D eigenvalue weighted by Gasteiger charge is 2.32. The standard InChI is InChI=1S/C24H22BrNO4/c1-14-4-2-3-9-26(14)13-19-20(27)7-6-18-23(28)22(30-24(18)19)12-17-11-15-10-16(25)5-8-21(15)29-17/h5-8,10-12,14,27H,2-4,9,13H2,1H3/t14-/m0/s1. The molecule has 2 aromatic carbocycles. The first-order valence-corrected chi connectivity index (χ1v) is 11.0. The van der Waals surface area contributed by atoms with E-state index in [9.17, 15) is 9.90 Å². The van der Waals surface area contributed by atoms with Gasteiger partial charge in [-0.2, -0.15) is 0 Å². The van der Waals surface area contributed by atoms with Crippen LogP contribution in [0.25, 0.3) is 17.0 Å². The molecule has 1 N–H and O–H groups in total. The number of furan rings is 1. The third kappa shape index (κ3) is 3.44. The predicted molar refractivity (Wildman–Crippen MR) is 119 cm³/mol. The monoisotopic (exact) mass is 467 g/mol. The quantitative estimate of drug-likeness (QED) is 0.486. The number of nitrogens with zero attached hydrogens (tertiary/aromatic N) is 1. The summed E-state index contributed by atoms with van der Waals surface area (Å²) < 4.78 is 12.8. The van der Waals surface area contributed by atoms with Crippen LogP contribution in [0, 0.1) is 0 Å². The minimum atomic E-state index is -0.195. The smallest absolute Gasteiger partial charge is 0.232 e. The van der Waals surface area contributed by atoms with E-state index in [1.54, 1.807) is 18.2 Å². The van der Waals surface area contributed by atoms with Crippen molar-refractivity contribution in [1.29, 1.82) is 0 Å². The number of Topliss-reactive ketones (excluding diaryl/α,β-unsaturated/α-hetero) is 1. The SMILES string of the molecule is C[C@H]1CCCCN1Cc1c(O)ccc2c1OC(=Cc1cc3cc(Br)ccc3o1)C2=O. The molecule has 1 fully saturated rings. The number of ketones is 1. The fourth-order valence-electron chi connectivity index (χ4n) is 4.28. The number of phenolic OH excluding ortho intramolecular Hbond substituents is 1. The zero-order valence-corrected chi connectivity index (χ0v) is 18.2. The van der Waals surface area contributed by atoms with Gasteiger partial charge in [0.25, 0.3) is 0 Å². The maximum absolute atomic E-state index is 13.0. The van der Waals surface area contributed by atoms with Gasteiger partial charge in [0.1, 0.15) is 22.8 Å². The zero-order valence-electron chi connectivity index (χ0n) is 16.7. The molecule has 1 saturated heterocycles. The second kappa shape index (κ2) is 7.60. The number of likely N-dealkylation sites (tertiary alicyclic amines) is 1. The van der Waals surface area contributed by atoms with Gasteiger partial charge in [-0.05, 0) is 62.7 Å². The Bertz CT molecular complexity index is 1180. The number of carbonyl (C=O) groups is 1. The van der Waals surface area contributed by atoms with Crippen LogP contribution in [0.4, 0.5) is 0 Å². The summed E-state index contributed by atoms with van der Waals surface area (Å²) >= 11 is 3.45. The van der Waals surface area contributed by atoms with Crippen LogP contribution in [-0.4, -0.2) is 28.4 Å². The summed E-state index contributed by atoms with van der Waals surface area (Å²) in [4.78, 5) is 15.3. The number of piperidine rings is 1. The molecule has 0 amide bonds. The minimum absolute atomic E-state index is 0.161. The van der Waals surface area contributed by atoms with Crippen LogP contribution in [0.3, 0.4) is 0 Å². The number of aromatic hydroxyl groups is 1. The van der Waals surface area contributed by atoms with Gasteiger partial charge >= 0.3 is 0 Å². The van der Waals surface area contributed by atoms with Gasteiger partial charge in [-0.3, -0.25) is 9.69 Å². The van der Waals surface area contributed by atoms with E-state index in [0.717, 1.165) is 34.8 Å². The lowest BCUT2D eigenvalue weighted by Gasteiger charge is -2.33. The van der Waals surface area contributed by atoms with Crippen LogP contribution in [0.5, 0.6) is 11.5 Å². The lowest BCUT2D eigenvalue weighted by Crippen LogP contribution is -2.36. The number of rotatable bonds is 3. The summed E-state index contributed by atoms with van der Waals surface area (Å²) in [7, 11) is 0. The number of allylic oxidation sites excluding steroid dienone is 1. The van der Waals surface area contributed by atoms with Gasteiger partial charge in [-0.15, -0.1) is 0 Å². The van der Waals surface area contributed by atoms with E-state index in [-0.39, 0.29) is 17.3 Å². The summed E-state index contributed by atoms with van der Waals surface area (Å²) in [6.07, 6.45) is 5.14. The second-order valence-corrected chi connectivity index (χ2v) is 8.94. The van der Waals surface area contributed by atoms with Gasteiger partial charge in [0, 0.05) is 28.5 Å². The molecular formula is C24H22BrNO4. The van der Waals surface area contributed by atoms with Crippen molar-refractivity contribution < 1.29 is 19.1 Å². The highest BCUT2D eigenvalue weighted by Crippen LogP contribution is 2.41. The van der Waals surface area contributed by atoms with Gasteiger partial charge < -0.3 is 14.3 Å². The molecule has 1 aromatic heterocycles. The van der Waals surface area contributed by atoms with Gasteiger partial charge in [0.15, 0.2) is 5.76 Å². The Hall–Kier alpha value is -2.57. The normalized spacial score (nSPS) is 20.7. The third-order valence-corrected chi connectivity index (χ3v) is 6.48. The molecule has 3 heterocycles. The Morgan fingerprint density at radius 1 is 1.23 bits per heavy atom. The molecule has 154 valence electrons. The number of hydrogen-bond donors (Lipinski definition) is 1. The first-order chi connectivity index (χ1) is 14.5. The van der Waals surface area contributed by atoms with Crippen molar-refractivity contribution in [2.45, 2.75) is 38.8 Å². The number of fused-ring (bicyclic) bond motifs is 2.